The number of nitrogens with zero attached hydrogens (tertiary/aromatic N) is 2. The molecule has 1 saturated heterocycles. The quantitative estimate of drug-likeness (QED) is 0.749. The zero-order valence-corrected chi connectivity index (χ0v) is 9.64. The van der Waals surface area contributed by atoms with E-state index in [1.165, 1.54) is 0 Å². The van der Waals surface area contributed by atoms with Gasteiger partial charge >= 0.3 is 0 Å². The third kappa shape index (κ3) is 2.21. The highest BCUT2D eigenvalue weighted by Crippen LogP contribution is 2.32. The Morgan fingerprint density at radius 2 is 2.27 bits per heavy atom. The second-order valence-corrected chi connectivity index (χ2v) is 4.78. The number of nitrogen functional groups attached to an aromatic ring is 1. The van der Waals surface area contributed by atoms with E-state index in [1.807, 2.05) is 4.57 Å². The minimum Gasteiger partial charge on any atom is -0.381 e. The number of hydrogen-bond acceptors (Lipinski definition) is 4. The molecule has 1 aromatic rings. The van der Waals surface area contributed by atoms with Crippen molar-refractivity contribution in [2.45, 2.75) is 26.3 Å². The van der Waals surface area contributed by atoms with Crippen LogP contribution in [0.1, 0.15) is 19.8 Å². The highest BCUT2D eigenvalue weighted by Gasteiger charge is 2.28. The molecule has 1 fully saturated rings. The fraction of sp³-hybridized carbons (Fsp3) is 0.778. The van der Waals surface area contributed by atoms with Gasteiger partial charge in [0.05, 0.1) is 0 Å². The maximum absolute atomic E-state index is 5.74. The summed E-state index contributed by atoms with van der Waals surface area (Å²) in [6, 6.07) is 0. The molecule has 6 heteroatoms. The summed E-state index contributed by atoms with van der Waals surface area (Å²) >= 11 is 5.12. The van der Waals surface area contributed by atoms with Crippen molar-refractivity contribution in [2.24, 2.45) is 5.41 Å². The number of rotatable bonds is 2. The van der Waals surface area contributed by atoms with E-state index in [1.54, 1.807) is 0 Å². The number of ether oxygens (including phenoxy) is 1. The molecule has 0 radical (unpaired) electrons. The van der Waals surface area contributed by atoms with E-state index in [0.29, 0.717) is 10.7 Å². The summed E-state index contributed by atoms with van der Waals surface area (Å²) in [4.78, 5) is 0. The van der Waals surface area contributed by atoms with Gasteiger partial charge in [-0.3, -0.25) is 4.57 Å². The average Bonchev–Trinajstić information content (AvgIpc) is 2.50. The van der Waals surface area contributed by atoms with Crippen LogP contribution < -0.4 is 5.73 Å². The van der Waals surface area contributed by atoms with Crippen LogP contribution in [0.25, 0.3) is 0 Å². The molecule has 1 aromatic heterocycles. The Balaban J connectivity index is 2.17. The van der Waals surface area contributed by atoms with Gasteiger partial charge in [0, 0.05) is 19.8 Å². The smallest absolute Gasteiger partial charge is 0.220 e. The van der Waals surface area contributed by atoms with Crippen molar-refractivity contribution in [1.82, 2.24) is 14.8 Å². The Morgan fingerprint density at radius 1 is 1.60 bits per heavy atom. The van der Waals surface area contributed by atoms with E-state index in [-0.39, 0.29) is 5.41 Å². The minimum atomic E-state index is 0.217. The van der Waals surface area contributed by atoms with Crippen LogP contribution in [0.4, 0.5) is 5.95 Å². The topological polar surface area (TPSA) is 68.9 Å². The van der Waals surface area contributed by atoms with Crippen molar-refractivity contribution in [3.05, 3.63) is 4.77 Å². The average molecular weight is 228 g/mol. The molecular formula is C9H16N4OS. The third-order valence-corrected chi connectivity index (χ3v) is 3.34. The Morgan fingerprint density at radius 3 is 2.80 bits per heavy atom. The van der Waals surface area contributed by atoms with E-state index in [0.717, 1.165) is 32.6 Å². The number of nitrogens with two attached hydrogens (primary N) is 1. The summed E-state index contributed by atoms with van der Waals surface area (Å²) in [5.41, 5.74) is 5.96. The standard InChI is InChI=1S/C9H16N4OS/c1-9(2-4-14-5-3-9)6-13-7(10)11-12-8(13)15/h2-6H2,1H3,(H2,10,11)(H,12,15). The molecule has 2 rings (SSSR count). The number of aromatic nitrogens is 3. The number of hydrogen-bond donors (Lipinski definition) is 2. The van der Waals surface area contributed by atoms with Gasteiger partial charge in [-0.05, 0) is 30.5 Å². The van der Waals surface area contributed by atoms with Crippen molar-refractivity contribution < 1.29 is 4.74 Å². The molecule has 1 aliphatic rings. The first kappa shape index (κ1) is 10.6. The van der Waals surface area contributed by atoms with Crippen LogP contribution in [0.3, 0.4) is 0 Å². The molecule has 0 unspecified atom stereocenters. The lowest BCUT2D eigenvalue weighted by Crippen LogP contribution is -2.31. The van der Waals surface area contributed by atoms with E-state index in [4.69, 9.17) is 22.7 Å². The van der Waals surface area contributed by atoms with Gasteiger partial charge in [-0.15, -0.1) is 5.10 Å². The maximum Gasteiger partial charge on any atom is 0.220 e. The van der Waals surface area contributed by atoms with Crippen LogP contribution >= 0.6 is 12.2 Å². The van der Waals surface area contributed by atoms with Gasteiger partial charge in [0.2, 0.25) is 5.95 Å². The lowest BCUT2D eigenvalue weighted by atomic mass is 9.82. The van der Waals surface area contributed by atoms with Crippen molar-refractivity contribution >= 4 is 18.2 Å². The highest BCUT2D eigenvalue weighted by molar-refractivity contribution is 7.71. The molecule has 0 bridgehead atoms. The van der Waals surface area contributed by atoms with Gasteiger partial charge in [0.1, 0.15) is 0 Å². The second-order valence-electron chi connectivity index (χ2n) is 4.40. The van der Waals surface area contributed by atoms with Gasteiger partial charge in [0.25, 0.3) is 0 Å². The molecule has 0 aliphatic carbocycles. The number of aromatic amines is 1. The Bertz CT molecular complexity index is 391. The van der Waals surface area contributed by atoms with Crippen LogP contribution in [-0.4, -0.2) is 28.0 Å². The molecule has 0 saturated carbocycles. The minimum absolute atomic E-state index is 0.217. The fourth-order valence-corrected chi connectivity index (χ4v) is 2.09. The van der Waals surface area contributed by atoms with Crippen molar-refractivity contribution in [3.8, 4) is 0 Å². The van der Waals surface area contributed by atoms with E-state index >= 15 is 0 Å². The van der Waals surface area contributed by atoms with Crippen LogP contribution in [0, 0.1) is 10.2 Å². The molecule has 15 heavy (non-hydrogen) atoms. The van der Waals surface area contributed by atoms with Gasteiger partial charge < -0.3 is 10.5 Å². The van der Waals surface area contributed by atoms with E-state index in [9.17, 15) is 0 Å². The summed E-state index contributed by atoms with van der Waals surface area (Å²) in [5.74, 6) is 0.465. The molecule has 1 aliphatic heterocycles. The summed E-state index contributed by atoms with van der Waals surface area (Å²) < 4.78 is 7.81. The van der Waals surface area contributed by atoms with Crippen LogP contribution in [0.5, 0.6) is 0 Å². The van der Waals surface area contributed by atoms with Gasteiger partial charge in [-0.25, -0.2) is 5.10 Å². The molecule has 0 aromatic carbocycles. The number of anilines is 1. The second kappa shape index (κ2) is 3.94. The van der Waals surface area contributed by atoms with Gasteiger partial charge in [0.15, 0.2) is 4.77 Å². The third-order valence-electron chi connectivity index (χ3n) is 3.03. The largest absolute Gasteiger partial charge is 0.381 e. The van der Waals surface area contributed by atoms with Gasteiger partial charge in [-0.1, -0.05) is 6.92 Å². The first-order valence-corrected chi connectivity index (χ1v) is 5.50. The zero-order chi connectivity index (χ0) is 10.9. The van der Waals surface area contributed by atoms with Crippen LogP contribution in [0.15, 0.2) is 0 Å². The normalized spacial score (nSPS) is 20.3. The molecular weight excluding hydrogens is 212 g/mol. The summed E-state index contributed by atoms with van der Waals surface area (Å²) in [6.07, 6.45) is 2.08. The van der Waals surface area contributed by atoms with Gasteiger partial charge in [-0.2, -0.15) is 0 Å². The lowest BCUT2D eigenvalue weighted by molar-refractivity contribution is 0.0156. The number of nitrogens with one attached hydrogen (secondary N) is 1. The lowest BCUT2D eigenvalue weighted by Gasteiger charge is -2.33. The first-order valence-electron chi connectivity index (χ1n) is 5.09. The Labute approximate surface area is 93.6 Å². The van der Waals surface area contributed by atoms with Crippen molar-refractivity contribution in [1.29, 1.82) is 0 Å². The Hall–Kier alpha value is -0.880. The predicted octanol–water partition coefficient (Wildman–Crippen LogP) is 1.34. The van der Waals surface area contributed by atoms with E-state index in [2.05, 4.69) is 17.1 Å². The predicted molar refractivity (Wildman–Crippen MR) is 60.0 cm³/mol. The van der Waals surface area contributed by atoms with Crippen LogP contribution in [0.2, 0.25) is 0 Å². The molecule has 3 N–H and O–H groups in total. The van der Waals surface area contributed by atoms with Crippen molar-refractivity contribution in [3.63, 3.8) is 0 Å². The summed E-state index contributed by atoms with van der Waals surface area (Å²) in [6.45, 7) is 4.70. The molecule has 0 spiro atoms. The highest BCUT2D eigenvalue weighted by atomic mass is 32.1. The molecule has 2 heterocycles. The maximum atomic E-state index is 5.74. The molecule has 5 nitrogen and oxygen atoms in total. The SMILES string of the molecule is CC1(Cn2c(N)n[nH]c2=S)CCOCC1. The van der Waals surface area contributed by atoms with E-state index < -0.39 is 0 Å². The number of H-pyrrole nitrogens is 1. The zero-order valence-electron chi connectivity index (χ0n) is 8.82. The van der Waals surface area contributed by atoms with Crippen molar-refractivity contribution in [2.75, 3.05) is 18.9 Å². The summed E-state index contributed by atoms with van der Waals surface area (Å²) in [5, 5.41) is 6.61. The Kier molecular flexibility index (Phi) is 2.79. The first-order chi connectivity index (χ1) is 7.11. The fourth-order valence-electron chi connectivity index (χ4n) is 1.89. The molecule has 0 amide bonds. The monoisotopic (exact) mass is 228 g/mol. The summed E-state index contributed by atoms with van der Waals surface area (Å²) in [7, 11) is 0. The molecule has 84 valence electrons. The molecule has 0 atom stereocenters. The van der Waals surface area contributed by atoms with Crippen LogP contribution in [-0.2, 0) is 11.3 Å².